The van der Waals surface area contributed by atoms with Crippen LogP contribution in [0.3, 0.4) is 0 Å². The molecule has 0 aliphatic carbocycles. The molecule has 340 valence electrons. The van der Waals surface area contributed by atoms with Crippen molar-refractivity contribution >= 4 is 25.2 Å². The van der Waals surface area contributed by atoms with Crippen molar-refractivity contribution in [1.29, 1.82) is 0 Å². The molecule has 0 fully saturated rings. The fourth-order valence-electron chi connectivity index (χ4n) is 1.43. The Hall–Kier alpha value is 0.776. The summed E-state index contributed by atoms with van der Waals surface area (Å²) in [6.45, 7) is 58.9. The Labute approximate surface area is 463 Å². The molecule has 0 spiro atoms. The van der Waals surface area contributed by atoms with Crippen LogP contribution in [0.1, 0.15) is 215 Å². The van der Waals surface area contributed by atoms with E-state index >= 15 is 0 Å². The van der Waals surface area contributed by atoms with E-state index in [-0.39, 0.29) is 131 Å². The monoisotopic (exact) mass is 1040 g/mol. The van der Waals surface area contributed by atoms with E-state index in [9.17, 15) is 0 Å². The van der Waals surface area contributed by atoms with Gasteiger partial charge in [-0.15, -0.1) is 36.4 Å². The summed E-state index contributed by atoms with van der Waals surface area (Å²) in [5.41, 5.74) is 3.22. The van der Waals surface area contributed by atoms with E-state index in [1.165, 1.54) is 49.9 Å². The molecule has 0 atom stereocenters. The topological polar surface area (TPSA) is 0 Å². The average Bonchev–Trinajstić information content (AvgIpc) is 3.13. The molecule has 3 aromatic rings. The number of benzene rings is 3. The summed E-state index contributed by atoms with van der Waals surface area (Å²) in [5.74, 6) is 4.25. The Morgan fingerprint density at radius 3 is 0.441 bits per heavy atom. The number of unbranched alkanes of at least 4 members (excludes halogenated alkanes) is 2. The molecule has 0 N–H and O–H groups in total. The predicted molar refractivity (Wildman–Crippen MR) is 280 cm³/mol. The van der Waals surface area contributed by atoms with E-state index < -0.39 is 0 Å². The largest absolute Gasteiger partial charge is 0.323 e. The molecule has 59 heavy (non-hydrogen) atoms. The summed E-state index contributed by atoms with van der Waals surface area (Å²) in [7, 11) is 0. The first-order chi connectivity index (χ1) is 24.6. The van der Waals surface area contributed by atoms with Gasteiger partial charge < -0.3 is 17.8 Å². The maximum absolute atomic E-state index is 3.72. The number of hydrogen-bond acceptors (Lipinski definition) is 0. The van der Waals surface area contributed by atoms with Crippen LogP contribution in [0.5, 0.6) is 0 Å². The molecule has 0 bridgehead atoms. The van der Waals surface area contributed by atoms with Crippen LogP contribution in [0.15, 0.2) is 91.0 Å². The minimum absolute atomic E-state index is 0. The van der Waals surface area contributed by atoms with Crippen molar-refractivity contribution in [2.45, 2.75) is 199 Å². The van der Waals surface area contributed by atoms with Gasteiger partial charge in [0.2, 0.25) is 0 Å². The molecule has 0 aromatic heterocycles. The molecule has 0 aliphatic heterocycles. The third-order valence-corrected chi connectivity index (χ3v) is 3.53. The molecular formula is C53H104B3Y3-6. The molecule has 0 nitrogen and oxygen atoms in total. The fraction of sp³-hybridized carbons (Fsp3) is 0.547. The van der Waals surface area contributed by atoms with E-state index in [0.29, 0.717) is 0 Å². The van der Waals surface area contributed by atoms with Crippen molar-refractivity contribution in [1.82, 2.24) is 0 Å². The van der Waals surface area contributed by atoms with E-state index in [4.69, 9.17) is 0 Å². The molecular weight excluding hydrogens is 936 g/mol. The molecule has 0 heterocycles. The Balaban J connectivity index is -0.0000000219. The van der Waals surface area contributed by atoms with Gasteiger partial charge in [-0.05, 0) is 0 Å². The normalized spacial score (nSPS) is 6.61. The van der Waals surface area contributed by atoms with Gasteiger partial charge >= 0.3 is 0 Å². The van der Waals surface area contributed by atoms with E-state index in [1.807, 2.05) is 146 Å². The first-order valence-electron chi connectivity index (χ1n) is 20.5. The zero-order valence-corrected chi connectivity index (χ0v) is 52.3. The third kappa shape index (κ3) is 264. The van der Waals surface area contributed by atoms with Crippen LogP contribution in [0.2, 0.25) is 0 Å². The second-order valence-corrected chi connectivity index (χ2v) is 11.7. The van der Waals surface area contributed by atoms with Gasteiger partial charge in [-0.3, -0.25) is 0 Å². The van der Waals surface area contributed by atoms with Gasteiger partial charge in [0.1, 0.15) is 0 Å². The summed E-state index contributed by atoms with van der Waals surface area (Å²) in [6.07, 6.45) is 6.53. The number of hydrogen-bond donors (Lipinski definition) is 0. The molecule has 0 amide bonds. The van der Waals surface area contributed by atoms with Crippen molar-refractivity contribution in [3.8, 4) is 0 Å². The van der Waals surface area contributed by atoms with Crippen LogP contribution in [0.4, 0.5) is 0 Å². The second-order valence-electron chi connectivity index (χ2n) is 11.7. The van der Waals surface area contributed by atoms with Gasteiger partial charge in [0.25, 0.3) is 0 Å². The molecule has 0 saturated carbocycles. The molecule has 3 rings (SSSR count). The molecule has 0 aliphatic rings. The van der Waals surface area contributed by atoms with Gasteiger partial charge in [-0.25, -0.2) is 0 Å². The summed E-state index contributed by atoms with van der Waals surface area (Å²) in [6, 6.07) is 29.6. The van der Waals surface area contributed by atoms with Crippen LogP contribution in [-0.4, -0.2) is 25.2 Å². The van der Waals surface area contributed by atoms with Crippen LogP contribution in [-0.2, 0) is 98.1 Å². The summed E-state index contributed by atoms with van der Waals surface area (Å²) in [4.78, 5) is 0. The van der Waals surface area contributed by atoms with Crippen LogP contribution in [0.25, 0.3) is 0 Å². The quantitative estimate of drug-likeness (QED) is 0.177. The van der Waals surface area contributed by atoms with Crippen molar-refractivity contribution in [2.24, 2.45) is 0 Å². The van der Waals surface area contributed by atoms with Crippen LogP contribution < -0.4 is 0 Å². The van der Waals surface area contributed by atoms with Crippen molar-refractivity contribution < 1.29 is 98.1 Å². The van der Waals surface area contributed by atoms with Crippen molar-refractivity contribution in [3.63, 3.8) is 0 Å². The van der Waals surface area contributed by atoms with Gasteiger partial charge in [-0.2, -0.15) is 136 Å². The SMILES string of the molecule is C.CC.CC.CC.CC.CCC.CCCC.CCCC.C[C-](C)C.C[C-](C)C.C[C-](C)C.[B].[B].[B].[CH2-]c1ccccc1.[CH2-]c1ccccc1.[CH2-]c1ccccc1.[Y].[Y].[Y]. The second kappa shape index (κ2) is 130. The molecule has 0 saturated heterocycles. The zero-order valence-electron chi connectivity index (χ0n) is 43.8. The first-order valence-corrected chi connectivity index (χ1v) is 20.5. The predicted octanol–water partition coefficient (Wildman–Crippen LogP) is 19.1. The molecule has 0 unspecified atom stereocenters. The molecule has 6 heteroatoms. The Bertz CT molecular complexity index is 684. The zero-order chi connectivity index (χ0) is 43.6. The van der Waals surface area contributed by atoms with E-state index in [0.717, 1.165) is 16.7 Å². The molecule has 3 aromatic carbocycles. The Morgan fingerprint density at radius 1 is 0.322 bits per heavy atom. The Morgan fingerprint density at radius 2 is 0.407 bits per heavy atom. The summed E-state index contributed by atoms with van der Waals surface area (Å²) in [5, 5.41) is 0. The van der Waals surface area contributed by atoms with Gasteiger partial charge in [0.05, 0.1) is 0 Å². The van der Waals surface area contributed by atoms with Gasteiger partial charge in [0.15, 0.2) is 0 Å². The van der Waals surface area contributed by atoms with E-state index in [1.54, 1.807) is 0 Å². The fourth-order valence-corrected chi connectivity index (χ4v) is 1.43. The molecule has 12 radical (unpaired) electrons. The average molecular weight is 1040 g/mol. The minimum Gasteiger partial charge on any atom is -0.323 e. The first kappa shape index (κ1) is 113. The summed E-state index contributed by atoms with van der Waals surface area (Å²) < 4.78 is 0. The van der Waals surface area contributed by atoms with Crippen LogP contribution >= 0.6 is 0 Å². The smallest absolute Gasteiger partial charge is 0 e. The van der Waals surface area contributed by atoms with Crippen molar-refractivity contribution in [2.75, 3.05) is 0 Å². The maximum Gasteiger partial charge on any atom is 0 e. The number of rotatable bonds is 2. The van der Waals surface area contributed by atoms with E-state index in [2.05, 4.69) is 125 Å². The third-order valence-electron chi connectivity index (χ3n) is 3.53. The van der Waals surface area contributed by atoms with Gasteiger partial charge in [-0.1, -0.05) is 155 Å². The Kier molecular flexibility index (Phi) is 250. The van der Waals surface area contributed by atoms with Crippen molar-refractivity contribution in [3.05, 3.63) is 146 Å². The standard InChI is InChI=1S/3C7H7.3C4H9.2C4H10.C3H8.4C2H6.CH4.3B.3Y/c3*1-7-5-3-2-4-6-7;3*1-4(2)3;2*1-3-4-2;1-3-2;4*1-2;;;;;;;/h3*2-6H,1H2;3*1-3H3;2*3-4H2,1-2H3;3H2,1-2H3;4*1-2H3;1H4;;;;;;/q6*-1;;;;;;;;;;;;;;. The van der Waals surface area contributed by atoms with Gasteiger partial charge in [0, 0.05) is 123 Å². The summed E-state index contributed by atoms with van der Waals surface area (Å²) >= 11 is 0. The van der Waals surface area contributed by atoms with Crippen LogP contribution in [0, 0.1) is 38.5 Å². The minimum atomic E-state index is 0. The maximum atomic E-state index is 3.72.